The van der Waals surface area contributed by atoms with E-state index in [2.05, 4.69) is 26.1 Å². The maximum atomic E-state index is 11.3. The normalized spacial score (nSPS) is 10.8. The highest BCUT2D eigenvalue weighted by molar-refractivity contribution is 9.10. The first kappa shape index (κ1) is 13.8. The molecule has 6 heteroatoms. The Hall–Kier alpha value is -2.21. The molecule has 5 nitrogen and oxygen atoms in total. The van der Waals surface area contributed by atoms with Gasteiger partial charge in [-0.25, -0.2) is 4.68 Å². The highest BCUT2D eigenvalue weighted by atomic mass is 79.9. The van der Waals surface area contributed by atoms with Gasteiger partial charge >= 0.3 is 0 Å². The van der Waals surface area contributed by atoms with E-state index >= 15 is 0 Å². The van der Waals surface area contributed by atoms with Crippen LogP contribution in [0.5, 0.6) is 0 Å². The van der Waals surface area contributed by atoms with Crippen molar-refractivity contribution in [3.8, 4) is 16.9 Å². The number of hydrogen-bond donors (Lipinski definition) is 0. The molecular weight excluding hydrogens is 332 g/mol. The van der Waals surface area contributed by atoms with Crippen LogP contribution in [0.4, 0.5) is 0 Å². The van der Waals surface area contributed by atoms with E-state index in [4.69, 9.17) is 0 Å². The lowest BCUT2D eigenvalue weighted by Crippen LogP contribution is -1.94. The van der Waals surface area contributed by atoms with E-state index in [0.29, 0.717) is 11.3 Å². The van der Waals surface area contributed by atoms with Crippen LogP contribution >= 0.6 is 15.9 Å². The summed E-state index contributed by atoms with van der Waals surface area (Å²) in [7, 11) is 1.85. The lowest BCUT2D eigenvalue weighted by Gasteiger charge is -2.01. The van der Waals surface area contributed by atoms with Crippen molar-refractivity contribution in [2.45, 2.75) is 6.92 Å². The molecule has 0 saturated heterocycles. The number of benzene rings is 1. The molecule has 0 saturated carbocycles. The number of carbonyl (C=O) groups excluding carboxylic acids is 1. The summed E-state index contributed by atoms with van der Waals surface area (Å²) >= 11 is 3.44. The summed E-state index contributed by atoms with van der Waals surface area (Å²) in [4.78, 5) is 11.3. The fraction of sp³-hybridized carbons (Fsp3) is 0.133. The van der Waals surface area contributed by atoms with Crippen molar-refractivity contribution < 1.29 is 4.79 Å². The third kappa shape index (κ3) is 2.54. The standard InChI is InChI=1S/C15H13BrN4O/c1-10-14(8-19(2)17-10)15-11(9-21)7-20(18-15)13-5-3-4-12(16)6-13/h3-9H,1-2H3. The number of nitrogens with zero attached hydrogens (tertiary/aromatic N) is 4. The van der Waals surface area contributed by atoms with E-state index in [9.17, 15) is 4.79 Å². The van der Waals surface area contributed by atoms with Gasteiger partial charge in [0.2, 0.25) is 0 Å². The van der Waals surface area contributed by atoms with Gasteiger partial charge in [0.15, 0.2) is 6.29 Å². The second-order valence-electron chi connectivity index (χ2n) is 4.78. The van der Waals surface area contributed by atoms with E-state index in [-0.39, 0.29) is 0 Å². The zero-order valence-corrected chi connectivity index (χ0v) is 13.2. The van der Waals surface area contributed by atoms with Crippen LogP contribution in [0.25, 0.3) is 16.9 Å². The molecule has 1 aromatic carbocycles. The predicted octanol–water partition coefficient (Wildman–Crippen LogP) is 3.16. The molecule has 0 fully saturated rings. The van der Waals surface area contributed by atoms with Crippen molar-refractivity contribution in [1.29, 1.82) is 0 Å². The molecule has 0 N–H and O–H groups in total. The molecule has 0 unspecified atom stereocenters. The Labute approximate surface area is 130 Å². The largest absolute Gasteiger partial charge is 0.298 e. The maximum Gasteiger partial charge on any atom is 0.153 e. The number of aryl methyl sites for hydroxylation is 2. The zero-order valence-electron chi connectivity index (χ0n) is 11.6. The number of aldehydes is 1. The number of rotatable bonds is 3. The van der Waals surface area contributed by atoms with E-state index in [1.165, 1.54) is 0 Å². The van der Waals surface area contributed by atoms with Gasteiger partial charge < -0.3 is 0 Å². The van der Waals surface area contributed by atoms with Crippen molar-refractivity contribution in [1.82, 2.24) is 19.6 Å². The minimum atomic E-state index is 0.547. The molecule has 0 aliphatic carbocycles. The average Bonchev–Trinajstić information content (AvgIpc) is 3.01. The van der Waals surface area contributed by atoms with Gasteiger partial charge in [-0.15, -0.1) is 0 Å². The van der Waals surface area contributed by atoms with Crippen molar-refractivity contribution in [3.05, 3.63) is 52.4 Å². The van der Waals surface area contributed by atoms with Crippen LogP contribution in [0.15, 0.2) is 41.1 Å². The lowest BCUT2D eigenvalue weighted by molar-refractivity contribution is 0.112. The highest BCUT2D eigenvalue weighted by Crippen LogP contribution is 2.25. The van der Waals surface area contributed by atoms with Gasteiger partial charge in [-0.1, -0.05) is 22.0 Å². The van der Waals surface area contributed by atoms with E-state index in [1.807, 2.05) is 44.4 Å². The van der Waals surface area contributed by atoms with Crippen LogP contribution in [-0.2, 0) is 7.05 Å². The molecule has 0 atom stereocenters. The number of hydrogen-bond acceptors (Lipinski definition) is 3. The average molecular weight is 345 g/mol. The predicted molar refractivity (Wildman–Crippen MR) is 83.6 cm³/mol. The van der Waals surface area contributed by atoms with Crippen LogP contribution in [0.1, 0.15) is 16.1 Å². The summed E-state index contributed by atoms with van der Waals surface area (Å²) in [6, 6.07) is 7.75. The maximum absolute atomic E-state index is 11.3. The van der Waals surface area contributed by atoms with Gasteiger partial charge in [-0.2, -0.15) is 10.2 Å². The van der Waals surface area contributed by atoms with Crippen molar-refractivity contribution in [2.24, 2.45) is 7.05 Å². The molecule has 0 aliphatic rings. The Morgan fingerprint density at radius 3 is 2.67 bits per heavy atom. The summed E-state index contributed by atoms with van der Waals surface area (Å²) < 4.78 is 4.38. The summed E-state index contributed by atoms with van der Waals surface area (Å²) in [6.45, 7) is 1.90. The fourth-order valence-corrected chi connectivity index (χ4v) is 2.65. The van der Waals surface area contributed by atoms with E-state index < -0.39 is 0 Å². The van der Waals surface area contributed by atoms with Gasteiger partial charge in [-0.3, -0.25) is 9.48 Å². The first-order valence-corrected chi connectivity index (χ1v) is 7.19. The summed E-state index contributed by atoms with van der Waals surface area (Å²) in [5, 5.41) is 8.85. The minimum absolute atomic E-state index is 0.547. The van der Waals surface area contributed by atoms with Crippen molar-refractivity contribution >= 4 is 22.2 Å². The monoisotopic (exact) mass is 344 g/mol. The first-order valence-electron chi connectivity index (χ1n) is 6.40. The molecule has 2 heterocycles. The second-order valence-corrected chi connectivity index (χ2v) is 5.69. The van der Waals surface area contributed by atoms with Gasteiger partial charge in [-0.05, 0) is 25.1 Å². The topological polar surface area (TPSA) is 52.7 Å². The molecule has 21 heavy (non-hydrogen) atoms. The molecular formula is C15H13BrN4O. The molecule has 106 valence electrons. The molecule has 0 spiro atoms. The lowest BCUT2D eigenvalue weighted by atomic mass is 10.1. The zero-order chi connectivity index (χ0) is 15.0. The van der Waals surface area contributed by atoms with Crippen LogP contribution in [0.2, 0.25) is 0 Å². The highest BCUT2D eigenvalue weighted by Gasteiger charge is 2.16. The summed E-state index contributed by atoms with van der Waals surface area (Å²) in [5.74, 6) is 0. The quantitative estimate of drug-likeness (QED) is 0.685. The number of aromatic nitrogens is 4. The fourth-order valence-electron chi connectivity index (χ4n) is 2.27. The van der Waals surface area contributed by atoms with Crippen LogP contribution in [0.3, 0.4) is 0 Å². The Morgan fingerprint density at radius 2 is 2.05 bits per heavy atom. The van der Waals surface area contributed by atoms with Crippen LogP contribution in [0, 0.1) is 6.92 Å². The van der Waals surface area contributed by atoms with Gasteiger partial charge in [0.25, 0.3) is 0 Å². The van der Waals surface area contributed by atoms with Gasteiger partial charge in [0.1, 0.15) is 5.69 Å². The Morgan fingerprint density at radius 1 is 1.24 bits per heavy atom. The van der Waals surface area contributed by atoms with Crippen LogP contribution < -0.4 is 0 Å². The minimum Gasteiger partial charge on any atom is -0.298 e. The summed E-state index contributed by atoms with van der Waals surface area (Å²) in [6.07, 6.45) is 4.43. The van der Waals surface area contributed by atoms with E-state index in [0.717, 1.165) is 27.7 Å². The number of halogens is 1. The van der Waals surface area contributed by atoms with Gasteiger partial charge in [0, 0.05) is 29.5 Å². The Balaban J connectivity index is 2.15. The Bertz CT molecular complexity index is 819. The molecule has 3 rings (SSSR count). The Kier molecular flexibility index (Phi) is 3.47. The first-order chi connectivity index (χ1) is 10.1. The number of carbonyl (C=O) groups is 1. The molecule has 0 radical (unpaired) electrons. The van der Waals surface area contributed by atoms with Crippen molar-refractivity contribution in [3.63, 3.8) is 0 Å². The van der Waals surface area contributed by atoms with Gasteiger partial charge in [0.05, 0.1) is 16.9 Å². The van der Waals surface area contributed by atoms with Crippen LogP contribution in [-0.4, -0.2) is 25.8 Å². The molecule has 3 aromatic rings. The summed E-state index contributed by atoms with van der Waals surface area (Å²) in [5.41, 5.74) is 3.80. The molecule has 0 amide bonds. The molecule has 0 bridgehead atoms. The third-order valence-electron chi connectivity index (χ3n) is 3.21. The smallest absolute Gasteiger partial charge is 0.153 e. The molecule has 0 aliphatic heterocycles. The molecule has 2 aromatic heterocycles. The van der Waals surface area contributed by atoms with Crippen molar-refractivity contribution in [2.75, 3.05) is 0 Å². The SMILES string of the molecule is Cc1nn(C)cc1-c1nn(-c2cccc(Br)c2)cc1C=O. The second kappa shape index (κ2) is 5.29. The van der Waals surface area contributed by atoms with E-state index in [1.54, 1.807) is 15.6 Å². The third-order valence-corrected chi connectivity index (χ3v) is 3.70.